The van der Waals surface area contributed by atoms with Crippen molar-refractivity contribution in [1.82, 2.24) is 19.6 Å². The molecule has 2 heterocycles. The van der Waals surface area contributed by atoms with Crippen LogP contribution in [0.2, 0.25) is 0 Å². The highest BCUT2D eigenvalue weighted by atomic mass is 16.5. The van der Waals surface area contributed by atoms with Crippen molar-refractivity contribution in [3.63, 3.8) is 0 Å². The van der Waals surface area contributed by atoms with Crippen molar-refractivity contribution in [2.45, 2.75) is 25.3 Å². The largest absolute Gasteiger partial charge is 0.497 e. The smallest absolute Gasteiger partial charge is 0.254 e. The zero-order valence-corrected chi connectivity index (χ0v) is 18.7. The number of hydrogen-bond donors (Lipinski definition) is 0. The molecule has 0 radical (unpaired) electrons. The Bertz CT molecular complexity index is 760. The SMILES string of the molecule is COc1cc(OC)cc(C(=O)N2CCN(CC(=O)N3CCN(C4CCC4)CC3)CC2)c1. The molecule has 2 saturated heterocycles. The van der Waals surface area contributed by atoms with Gasteiger partial charge in [0.15, 0.2) is 0 Å². The fraction of sp³-hybridized carbons (Fsp3) is 0.652. The summed E-state index contributed by atoms with van der Waals surface area (Å²) < 4.78 is 10.6. The summed E-state index contributed by atoms with van der Waals surface area (Å²) in [6, 6.07) is 5.99. The molecule has 2 aliphatic heterocycles. The van der Waals surface area contributed by atoms with Crippen LogP contribution in [0.3, 0.4) is 0 Å². The number of piperazine rings is 2. The van der Waals surface area contributed by atoms with Gasteiger partial charge in [-0.3, -0.25) is 19.4 Å². The number of carbonyl (C=O) groups is 2. The van der Waals surface area contributed by atoms with Crippen LogP contribution in [0.15, 0.2) is 18.2 Å². The summed E-state index contributed by atoms with van der Waals surface area (Å²) in [4.78, 5) is 34.3. The Balaban J connectivity index is 1.24. The van der Waals surface area contributed by atoms with Gasteiger partial charge in [0.25, 0.3) is 5.91 Å². The number of benzene rings is 1. The molecule has 0 aromatic heterocycles. The van der Waals surface area contributed by atoms with E-state index in [9.17, 15) is 9.59 Å². The van der Waals surface area contributed by atoms with Gasteiger partial charge in [-0.15, -0.1) is 0 Å². The molecule has 0 atom stereocenters. The predicted octanol–water partition coefficient (Wildman–Crippen LogP) is 1.16. The molecular formula is C23H34N4O4. The lowest BCUT2D eigenvalue weighted by atomic mass is 9.91. The van der Waals surface area contributed by atoms with E-state index in [1.165, 1.54) is 19.3 Å². The minimum absolute atomic E-state index is 0.0321. The van der Waals surface area contributed by atoms with Crippen LogP contribution < -0.4 is 9.47 Å². The van der Waals surface area contributed by atoms with Crippen molar-refractivity contribution in [1.29, 1.82) is 0 Å². The lowest BCUT2D eigenvalue weighted by Crippen LogP contribution is -2.56. The highest BCUT2D eigenvalue weighted by Gasteiger charge is 2.30. The van der Waals surface area contributed by atoms with E-state index in [1.807, 2.05) is 9.80 Å². The summed E-state index contributed by atoms with van der Waals surface area (Å²) >= 11 is 0. The molecule has 8 heteroatoms. The van der Waals surface area contributed by atoms with E-state index in [1.54, 1.807) is 32.4 Å². The summed E-state index contributed by atoms with van der Waals surface area (Å²) in [6.45, 7) is 6.77. The normalized spacial score (nSPS) is 21.0. The summed E-state index contributed by atoms with van der Waals surface area (Å²) in [5.74, 6) is 1.38. The fourth-order valence-electron chi connectivity index (χ4n) is 4.60. The van der Waals surface area contributed by atoms with Crippen LogP contribution in [0.5, 0.6) is 11.5 Å². The molecule has 0 N–H and O–H groups in total. The molecule has 8 nitrogen and oxygen atoms in total. The molecule has 0 unspecified atom stereocenters. The van der Waals surface area contributed by atoms with E-state index >= 15 is 0 Å². The van der Waals surface area contributed by atoms with Gasteiger partial charge in [0.2, 0.25) is 5.91 Å². The first-order chi connectivity index (χ1) is 15.1. The van der Waals surface area contributed by atoms with E-state index in [-0.39, 0.29) is 11.8 Å². The van der Waals surface area contributed by atoms with Crippen LogP contribution in [0.4, 0.5) is 0 Å². The van der Waals surface area contributed by atoms with Crippen molar-refractivity contribution in [2.24, 2.45) is 0 Å². The second-order valence-electron chi connectivity index (χ2n) is 8.67. The first-order valence-electron chi connectivity index (χ1n) is 11.3. The molecule has 1 aliphatic carbocycles. The zero-order valence-electron chi connectivity index (χ0n) is 18.7. The van der Waals surface area contributed by atoms with E-state index in [4.69, 9.17) is 9.47 Å². The van der Waals surface area contributed by atoms with Crippen LogP contribution in [-0.4, -0.2) is 111 Å². The minimum Gasteiger partial charge on any atom is -0.497 e. The van der Waals surface area contributed by atoms with Crippen molar-refractivity contribution in [3.8, 4) is 11.5 Å². The quantitative estimate of drug-likeness (QED) is 0.675. The second-order valence-corrected chi connectivity index (χ2v) is 8.67. The van der Waals surface area contributed by atoms with Gasteiger partial charge in [-0.1, -0.05) is 6.42 Å². The highest BCUT2D eigenvalue weighted by Crippen LogP contribution is 2.26. The maximum Gasteiger partial charge on any atom is 0.254 e. The van der Waals surface area contributed by atoms with Crippen LogP contribution in [0.25, 0.3) is 0 Å². The van der Waals surface area contributed by atoms with Gasteiger partial charge >= 0.3 is 0 Å². The molecule has 1 aromatic rings. The van der Waals surface area contributed by atoms with E-state index in [2.05, 4.69) is 9.80 Å². The number of methoxy groups -OCH3 is 2. The molecule has 2 amide bonds. The van der Waals surface area contributed by atoms with Crippen LogP contribution in [0.1, 0.15) is 29.6 Å². The number of hydrogen-bond acceptors (Lipinski definition) is 6. The van der Waals surface area contributed by atoms with Gasteiger partial charge in [0.05, 0.1) is 20.8 Å². The monoisotopic (exact) mass is 430 g/mol. The molecule has 31 heavy (non-hydrogen) atoms. The van der Waals surface area contributed by atoms with Crippen LogP contribution >= 0.6 is 0 Å². The van der Waals surface area contributed by atoms with Gasteiger partial charge in [0, 0.05) is 70.0 Å². The fourth-order valence-corrected chi connectivity index (χ4v) is 4.60. The third kappa shape index (κ3) is 5.13. The molecule has 0 bridgehead atoms. The van der Waals surface area contributed by atoms with Gasteiger partial charge in [0.1, 0.15) is 11.5 Å². The summed E-state index contributed by atoms with van der Waals surface area (Å²) in [5.41, 5.74) is 0.560. The predicted molar refractivity (Wildman–Crippen MR) is 118 cm³/mol. The van der Waals surface area contributed by atoms with E-state index in [0.29, 0.717) is 49.8 Å². The summed E-state index contributed by atoms with van der Waals surface area (Å²) in [5, 5.41) is 0. The van der Waals surface area contributed by atoms with Crippen molar-refractivity contribution in [2.75, 3.05) is 73.1 Å². The number of carbonyl (C=O) groups excluding carboxylic acids is 2. The maximum absolute atomic E-state index is 12.9. The zero-order chi connectivity index (χ0) is 21.8. The third-order valence-electron chi connectivity index (χ3n) is 6.87. The first kappa shape index (κ1) is 21.9. The average molecular weight is 431 g/mol. The second kappa shape index (κ2) is 9.87. The van der Waals surface area contributed by atoms with Gasteiger partial charge < -0.3 is 19.3 Å². The van der Waals surface area contributed by atoms with Crippen molar-refractivity contribution < 1.29 is 19.1 Å². The maximum atomic E-state index is 12.9. The Morgan fingerprint density at radius 2 is 1.42 bits per heavy atom. The summed E-state index contributed by atoms with van der Waals surface area (Å²) in [7, 11) is 3.15. The van der Waals surface area contributed by atoms with Gasteiger partial charge in [-0.2, -0.15) is 0 Å². The third-order valence-corrected chi connectivity index (χ3v) is 6.87. The Hall–Kier alpha value is -2.32. The number of amides is 2. The molecule has 3 fully saturated rings. The molecule has 0 spiro atoms. The first-order valence-corrected chi connectivity index (χ1v) is 11.3. The molecular weight excluding hydrogens is 396 g/mol. The van der Waals surface area contributed by atoms with E-state index < -0.39 is 0 Å². The Morgan fingerprint density at radius 1 is 0.839 bits per heavy atom. The molecule has 170 valence electrons. The van der Waals surface area contributed by atoms with Gasteiger partial charge in [-0.05, 0) is 25.0 Å². The number of ether oxygens (including phenoxy) is 2. The van der Waals surface area contributed by atoms with Crippen LogP contribution in [-0.2, 0) is 4.79 Å². The van der Waals surface area contributed by atoms with Crippen LogP contribution in [0, 0.1) is 0 Å². The van der Waals surface area contributed by atoms with Crippen molar-refractivity contribution >= 4 is 11.8 Å². The Morgan fingerprint density at radius 3 is 1.94 bits per heavy atom. The lowest BCUT2D eigenvalue weighted by Gasteiger charge is -2.43. The molecule has 1 aromatic carbocycles. The lowest BCUT2D eigenvalue weighted by molar-refractivity contribution is -0.135. The molecule has 4 rings (SSSR count). The van der Waals surface area contributed by atoms with Gasteiger partial charge in [-0.25, -0.2) is 0 Å². The highest BCUT2D eigenvalue weighted by molar-refractivity contribution is 5.95. The van der Waals surface area contributed by atoms with E-state index in [0.717, 1.165) is 32.2 Å². The van der Waals surface area contributed by atoms with Crippen molar-refractivity contribution in [3.05, 3.63) is 23.8 Å². The Labute approximate surface area is 184 Å². The molecule has 1 saturated carbocycles. The average Bonchev–Trinajstić information content (AvgIpc) is 2.78. The number of nitrogens with zero attached hydrogens (tertiary/aromatic N) is 4. The Kier molecular flexibility index (Phi) is 6.97. The standard InChI is InChI=1S/C23H34N4O4/c1-30-20-14-18(15-21(16-20)31-2)23(29)27-8-6-24(7-9-27)17-22(28)26-12-10-25(11-13-26)19-4-3-5-19/h14-16,19H,3-13,17H2,1-2H3. The minimum atomic E-state index is -0.0321. The number of rotatable bonds is 6. The summed E-state index contributed by atoms with van der Waals surface area (Å²) in [6.07, 6.45) is 3.99. The topological polar surface area (TPSA) is 65.6 Å². The molecule has 3 aliphatic rings.